The van der Waals surface area contributed by atoms with Crippen molar-refractivity contribution in [1.82, 2.24) is 10.2 Å². The van der Waals surface area contributed by atoms with Gasteiger partial charge in [0.15, 0.2) is 17.4 Å². The fraction of sp³-hybridized carbons (Fsp3) is 0.371. The van der Waals surface area contributed by atoms with E-state index in [0.717, 1.165) is 71.7 Å². The summed E-state index contributed by atoms with van der Waals surface area (Å²) >= 11 is 0. The van der Waals surface area contributed by atoms with E-state index in [1.807, 2.05) is 53.4 Å². The summed E-state index contributed by atoms with van der Waals surface area (Å²) in [6.45, 7) is 2.28. The molecular weight excluding hydrogens is 658 g/mol. The summed E-state index contributed by atoms with van der Waals surface area (Å²) in [5, 5.41) is 10.5. The Balaban J connectivity index is 0.000000698. The Morgan fingerprint density at radius 1 is 0.898 bits per heavy atom. The van der Waals surface area contributed by atoms with Gasteiger partial charge in [0, 0.05) is 18.2 Å². The summed E-state index contributed by atoms with van der Waals surface area (Å²) in [6, 6.07) is 17.3. The van der Waals surface area contributed by atoms with Crippen molar-refractivity contribution >= 4 is 17.4 Å². The zero-order valence-corrected chi connectivity index (χ0v) is 26.6. The summed E-state index contributed by atoms with van der Waals surface area (Å²) in [7, 11) is 1.62. The average Bonchev–Trinajstić information content (AvgIpc) is 3.94. The van der Waals surface area contributed by atoms with Crippen molar-refractivity contribution in [1.29, 1.82) is 0 Å². The monoisotopic (exact) mass is 694 g/mol. The van der Waals surface area contributed by atoms with Crippen LogP contribution in [0.3, 0.4) is 0 Å². The van der Waals surface area contributed by atoms with Crippen LogP contribution in [-0.2, 0) is 16.0 Å². The minimum atomic E-state index is -5.08. The molecule has 1 aliphatic carbocycles. The molecule has 0 spiro atoms. The fourth-order valence-corrected chi connectivity index (χ4v) is 5.11. The quantitative estimate of drug-likeness (QED) is 0.119. The lowest BCUT2D eigenvalue weighted by molar-refractivity contribution is -0.192. The van der Waals surface area contributed by atoms with Crippen LogP contribution in [-0.4, -0.2) is 74.1 Å². The van der Waals surface area contributed by atoms with Crippen molar-refractivity contribution in [2.75, 3.05) is 40.0 Å². The van der Waals surface area contributed by atoms with Gasteiger partial charge in [-0.15, -0.1) is 0 Å². The van der Waals surface area contributed by atoms with Crippen LogP contribution in [0.1, 0.15) is 36.8 Å². The molecule has 0 bridgehead atoms. The number of benzene rings is 3. The van der Waals surface area contributed by atoms with E-state index in [1.165, 1.54) is 0 Å². The third kappa shape index (κ3) is 10.6. The molecule has 1 amide bonds. The first-order chi connectivity index (χ1) is 23.4. The Hall–Kier alpha value is -4.72. The molecule has 2 aliphatic rings. The second-order valence-electron chi connectivity index (χ2n) is 11.3. The number of methoxy groups -OCH3 is 1. The molecule has 0 aromatic heterocycles. The SMILES string of the molecule is COc1ccc(OCCN(C(=O)C2=C(c3ccc(CCCOc4c(F)ccc(F)c4F)cc3)CCNC2)C2CC2)cc1.O=C(O)C(F)(F)F. The maximum Gasteiger partial charge on any atom is 0.490 e. The van der Waals surface area contributed by atoms with Crippen LogP contribution in [0.25, 0.3) is 5.57 Å². The number of halogens is 6. The summed E-state index contributed by atoms with van der Waals surface area (Å²) in [5.74, 6) is -5.28. The number of carbonyl (C=O) groups is 2. The molecule has 264 valence electrons. The maximum absolute atomic E-state index is 13.8. The predicted octanol–water partition coefficient (Wildman–Crippen LogP) is 6.57. The molecule has 3 aromatic rings. The van der Waals surface area contributed by atoms with Crippen LogP contribution in [0.4, 0.5) is 26.3 Å². The highest BCUT2D eigenvalue weighted by molar-refractivity contribution is 6.02. The number of ether oxygens (including phenoxy) is 3. The number of carbonyl (C=O) groups excluding carboxylic acids is 1. The Labute approximate surface area is 279 Å². The Morgan fingerprint density at radius 3 is 2.14 bits per heavy atom. The van der Waals surface area contributed by atoms with Crippen molar-refractivity contribution in [3.63, 3.8) is 0 Å². The van der Waals surface area contributed by atoms with Gasteiger partial charge in [0.25, 0.3) is 5.91 Å². The summed E-state index contributed by atoms with van der Waals surface area (Å²) < 4.78 is 88.9. The van der Waals surface area contributed by atoms with E-state index in [9.17, 15) is 31.1 Å². The van der Waals surface area contributed by atoms with E-state index in [4.69, 9.17) is 24.1 Å². The van der Waals surface area contributed by atoms with E-state index in [0.29, 0.717) is 32.5 Å². The molecule has 8 nitrogen and oxygen atoms in total. The number of carboxylic acids is 1. The number of rotatable bonds is 13. The van der Waals surface area contributed by atoms with Crippen LogP contribution >= 0.6 is 0 Å². The molecule has 0 unspecified atom stereocenters. The highest BCUT2D eigenvalue weighted by atomic mass is 19.4. The van der Waals surface area contributed by atoms with Crippen LogP contribution in [0.2, 0.25) is 0 Å². The Bertz CT molecular complexity index is 1610. The number of hydrogen-bond acceptors (Lipinski definition) is 6. The molecule has 0 atom stereocenters. The van der Waals surface area contributed by atoms with Gasteiger partial charge in [-0.3, -0.25) is 4.79 Å². The molecule has 2 N–H and O–H groups in total. The molecule has 1 saturated carbocycles. The Morgan fingerprint density at radius 2 is 1.53 bits per heavy atom. The van der Waals surface area contributed by atoms with Crippen molar-refractivity contribution in [2.45, 2.75) is 44.3 Å². The van der Waals surface area contributed by atoms with E-state index >= 15 is 0 Å². The molecule has 1 aliphatic heterocycles. The highest BCUT2D eigenvalue weighted by Gasteiger charge is 2.38. The molecule has 0 saturated heterocycles. The molecule has 14 heteroatoms. The second kappa shape index (κ2) is 17.1. The summed E-state index contributed by atoms with van der Waals surface area (Å²) in [4.78, 5) is 24.6. The largest absolute Gasteiger partial charge is 0.497 e. The van der Waals surface area contributed by atoms with Gasteiger partial charge in [-0.05, 0) is 91.7 Å². The molecule has 49 heavy (non-hydrogen) atoms. The van der Waals surface area contributed by atoms with Crippen LogP contribution in [0.5, 0.6) is 17.2 Å². The first-order valence-electron chi connectivity index (χ1n) is 15.5. The number of alkyl halides is 3. The average molecular weight is 695 g/mol. The molecule has 1 fully saturated rings. The molecular formula is C35H36F6N2O6. The van der Waals surface area contributed by atoms with Gasteiger partial charge in [0.2, 0.25) is 5.82 Å². The van der Waals surface area contributed by atoms with E-state index in [1.54, 1.807) is 7.11 Å². The van der Waals surface area contributed by atoms with Gasteiger partial charge >= 0.3 is 12.1 Å². The first kappa shape index (κ1) is 37.1. The van der Waals surface area contributed by atoms with Crippen LogP contribution in [0.15, 0.2) is 66.2 Å². The minimum absolute atomic E-state index is 0.0493. The zero-order valence-electron chi connectivity index (χ0n) is 26.6. The lowest BCUT2D eigenvalue weighted by atomic mass is 9.92. The van der Waals surface area contributed by atoms with Crippen LogP contribution < -0.4 is 19.5 Å². The number of nitrogens with zero attached hydrogens (tertiary/aromatic N) is 1. The number of hydrogen-bond donors (Lipinski definition) is 2. The van der Waals surface area contributed by atoms with Gasteiger partial charge in [-0.25, -0.2) is 13.6 Å². The smallest absolute Gasteiger partial charge is 0.490 e. The number of nitrogens with one attached hydrogen (secondary N) is 1. The van der Waals surface area contributed by atoms with Gasteiger partial charge in [0.05, 0.1) is 20.3 Å². The van der Waals surface area contributed by atoms with E-state index in [-0.39, 0.29) is 18.6 Å². The lowest BCUT2D eigenvalue weighted by Gasteiger charge is -2.28. The lowest BCUT2D eigenvalue weighted by Crippen LogP contribution is -2.41. The van der Waals surface area contributed by atoms with E-state index in [2.05, 4.69) is 5.32 Å². The molecule has 1 heterocycles. The first-order valence-corrected chi connectivity index (χ1v) is 15.5. The molecule has 5 rings (SSSR count). The third-order valence-corrected chi connectivity index (χ3v) is 7.79. The number of aryl methyl sites for hydroxylation is 1. The van der Waals surface area contributed by atoms with Crippen molar-refractivity contribution in [2.24, 2.45) is 0 Å². The van der Waals surface area contributed by atoms with Gasteiger partial charge in [-0.1, -0.05) is 24.3 Å². The summed E-state index contributed by atoms with van der Waals surface area (Å²) in [5.41, 5.74) is 3.87. The van der Waals surface area contributed by atoms with Crippen molar-refractivity contribution in [3.05, 3.63) is 94.8 Å². The molecule has 0 radical (unpaired) electrons. The second-order valence-corrected chi connectivity index (χ2v) is 11.3. The zero-order chi connectivity index (χ0) is 35.6. The van der Waals surface area contributed by atoms with E-state index < -0.39 is 35.3 Å². The van der Waals surface area contributed by atoms with Crippen LogP contribution in [0, 0.1) is 17.5 Å². The van der Waals surface area contributed by atoms with Crippen molar-refractivity contribution in [3.8, 4) is 17.2 Å². The molecule has 3 aromatic carbocycles. The van der Waals surface area contributed by atoms with Crippen molar-refractivity contribution < 1.29 is 55.2 Å². The highest BCUT2D eigenvalue weighted by Crippen LogP contribution is 2.32. The van der Waals surface area contributed by atoms with Gasteiger partial charge in [0.1, 0.15) is 18.1 Å². The van der Waals surface area contributed by atoms with Gasteiger partial charge < -0.3 is 29.5 Å². The number of carboxylic acid groups (broad SMARTS) is 1. The summed E-state index contributed by atoms with van der Waals surface area (Å²) in [6.07, 6.45) is -1.21. The Kier molecular flexibility index (Phi) is 12.9. The maximum atomic E-state index is 13.8. The standard InChI is InChI=1S/C33H35F3N2O4.C2HF3O2/c1-40-25-10-12-26(13-11-25)41-20-18-38(24-8-9-24)33(39)28-21-37-17-16-27(28)23-6-4-22(5-7-23)3-2-19-42-32-30(35)15-14-29(34)31(32)36;3-2(4,5)1(6)7/h4-7,10-15,24,37H,2-3,8-9,16-21H2,1H3;(H,6,7). The third-order valence-electron chi connectivity index (χ3n) is 7.79. The minimum Gasteiger partial charge on any atom is -0.497 e. The normalized spacial score (nSPS) is 14.4. The predicted molar refractivity (Wildman–Crippen MR) is 168 cm³/mol. The number of amides is 1. The van der Waals surface area contributed by atoms with Gasteiger partial charge in [-0.2, -0.15) is 17.6 Å². The fourth-order valence-electron chi connectivity index (χ4n) is 5.11. The topological polar surface area (TPSA) is 97.3 Å². The number of aliphatic carboxylic acids is 1.